The minimum Gasteiger partial charge on any atom is -0.497 e. The Labute approximate surface area is 113 Å². The van der Waals surface area contributed by atoms with Crippen molar-refractivity contribution in [3.8, 4) is 5.75 Å². The monoisotopic (exact) mass is 274 g/mol. The first-order chi connectivity index (χ1) is 8.14. The van der Waals surface area contributed by atoms with Crippen molar-refractivity contribution in [2.24, 2.45) is 0 Å². The smallest absolute Gasteiger partial charge is 0.118 e. The van der Waals surface area contributed by atoms with E-state index in [0.29, 0.717) is 4.75 Å². The first kappa shape index (κ1) is 16.7. The summed E-state index contributed by atoms with van der Waals surface area (Å²) in [7, 11) is 6.68. The Morgan fingerprint density at radius 1 is 1.18 bits per heavy atom. The van der Waals surface area contributed by atoms with Crippen LogP contribution in [0.3, 0.4) is 0 Å². The van der Waals surface area contributed by atoms with Gasteiger partial charge in [-0.25, -0.2) is 0 Å². The molecule has 0 atom stereocenters. The average molecular weight is 274 g/mol. The second-order valence-electron chi connectivity index (χ2n) is 3.93. The van der Waals surface area contributed by atoms with Crippen molar-refractivity contribution in [3.05, 3.63) is 30.3 Å². The first-order valence-electron chi connectivity index (χ1n) is 5.48. The standard InChI is InChI=1S/C7H8O.C5H10S2.CH4O/c1-8-7-5-3-2-4-6-7;1-5(2)3-4-6-7-5;1-2/h2-6H,1H3;3-4H2,1-2H3;2H,1H3. The van der Waals surface area contributed by atoms with Gasteiger partial charge in [-0.15, -0.1) is 0 Å². The summed E-state index contributed by atoms with van der Waals surface area (Å²) in [5.74, 6) is 2.25. The van der Waals surface area contributed by atoms with Gasteiger partial charge in [0.25, 0.3) is 0 Å². The van der Waals surface area contributed by atoms with E-state index in [1.807, 2.05) is 51.9 Å². The van der Waals surface area contributed by atoms with Gasteiger partial charge in [0, 0.05) is 17.6 Å². The van der Waals surface area contributed by atoms with E-state index in [2.05, 4.69) is 13.8 Å². The fourth-order valence-electron chi connectivity index (χ4n) is 1.09. The molecule has 1 aromatic rings. The SMILES string of the molecule is CC1(C)CCSS1.CO.COc1ccccc1. The number of hydrogen-bond donors (Lipinski definition) is 1. The van der Waals surface area contributed by atoms with E-state index < -0.39 is 0 Å². The van der Waals surface area contributed by atoms with Crippen LogP contribution in [0.4, 0.5) is 0 Å². The third-order valence-electron chi connectivity index (χ3n) is 2.05. The second-order valence-corrected chi connectivity index (χ2v) is 7.06. The Morgan fingerprint density at radius 2 is 1.76 bits per heavy atom. The Hall–Kier alpha value is -0.320. The van der Waals surface area contributed by atoms with Gasteiger partial charge in [0.2, 0.25) is 0 Å². The van der Waals surface area contributed by atoms with Gasteiger partial charge in [0.05, 0.1) is 7.11 Å². The molecule has 0 amide bonds. The molecule has 4 heteroatoms. The molecule has 17 heavy (non-hydrogen) atoms. The summed E-state index contributed by atoms with van der Waals surface area (Å²) in [6.45, 7) is 4.61. The molecule has 2 nitrogen and oxygen atoms in total. The lowest BCUT2D eigenvalue weighted by Gasteiger charge is -2.11. The van der Waals surface area contributed by atoms with Crippen LogP contribution in [-0.4, -0.2) is 29.8 Å². The number of aliphatic hydroxyl groups excluding tert-OH is 1. The Bertz CT molecular complexity index is 268. The Morgan fingerprint density at radius 3 is 2.00 bits per heavy atom. The lowest BCUT2D eigenvalue weighted by molar-refractivity contribution is 0.399. The molecular formula is C13H22O2S2. The number of para-hydroxylation sites is 1. The molecule has 0 unspecified atom stereocenters. The average Bonchev–Trinajstić information content (AvgIpc) is 2.78. The number of methoxy groups -OCH3 is 1. The van der Waals surface area contributed by atoms with Crippen LogP contribution >= 0.6 is 21.6 Å². The van der Waals surface area contributed by atoms with Crippen LogP contribution in [0.15, 0.2) is 30.3 Å². The predicted octanol–water partition coefficient (Wildman–Crippen LogP) is 3.85. The van der Waals surface area contributed by atoms with Crippen molar-refractivity contribution in [1.82, 2.24) is 0 Å². The third kappa shape index (κ3) is 8.41. The van der Waals surface area contributed by atoms with Gasteiger partial charge >= 0.3 is 0 Å². The summed E-state index contributed by atoms with van der Waals surface area (Å²) in [5.41, 5.74) is 0. The van der Waals surface area contributed by atoms with E-state index in [1.165, 1.54) is 12.2 Å². The van der Waals surface area contributed by atoms with E-state index >= 15 is 0 Å². The fourth-order valence-corrected chi connectivity index (χ4v) is 4.10. The van der Waals surface area contributed by atoms with Crippen LogP contribution in [0.25, 0.3) is 0 Å². The molecule has 1 aromatic carbocycles. The van der Waals surface area contributed by atoms with E-state index in [4.69, 9.17) is 9.84 Å². The predicted molar refractivity (Wildman–Crippen MR) is 79.9 cm³/mol. The number of hydrogen-bond acceptors (Lipinski definition) is 4. The largest absolute Gasteiger partial charge is 0.497 e. The van der Waals surface area contributed by atoms with Crippen LogP contribution in [-0.2, 0) is 0 Å². The Balaban J connectivity index is 0.000000265. The van der Waals surface area contributed by atoms with Gasteiger partial charge in [-0.2, -0.15) is 0 Å². The first-order valence-corrected chi connectivity index (χ1v) is 7.80. The lowest BCUT2D eigenvalue weighted by Crippen LogP contribution is -2.07. The number of benzene rings is 1. The molecule has 0 spiro atoms. The maximum Gasteiger partial charge on any atom is 0.118 e. The third-order valence-corrected chi connectivity index (χ3v) is 5.40. The molecule has 98 valence electrons. The van der Waals surface area contributed by atoms with Crippen molar-refractivity contribution >= 4 is 21.6 Å². The summed E-state index contributed by atoms with van der Waals surface area (Å²) in [4.78, 5) is 0. The Kier molecular flexibility index (Phi) is 9.50. The van der Waals surface area contributed by atoms with Gasteiger partial charge in [-0.1, -0.05) is 39.8 Å². The molecule has 1 aliphatic rings. The molecule has 1 fully saturated rings. The van der Waals surface area contributed by atoms with Crippen LogP contribution in [0, 0.1) is 0 Å². The summed E-state index contributed by atoms with van der Waals surface area (Å²) in [5, 5.41) is 7.00. The molecule has 0 aliphatic carbocycles. The number of ether oxygens (including phenoxy) is 1. The van der Waals surface area contributed by atoms with Crippen molar-refractivity contribution in [2.45, 2.75) is 25.0 Å². The molecule has 0 aromatic heterocycles. The summed E-state index contributed by atoms with van der Waals surface area (Å²) in [6.07, 6.45) is 1.38. The highest BCUT2D eigenvalue weighted by molar-refractivity contribution is 8.77. The molecule has 0 bridgehead atoms. The zero-order valence-corrected chi connectivity index (χ0v) is 12.6. The van der Waals surface area contributed by atoms with Crippen LogP contribution in [0.5, 0.6) is 5.75 Å². The highest BCUT2D eigenvalue weighted by atomic mass is 33.1. The van der Waals surface area contributed by atoms with E-state index in [9.17, 15) is 0 Å². The summed E-state index contributed by atoms with van der Waals surface area (Å²) in [6, 6.07) is 9.68. The van der Waals surface area contributed by atoms with Crippen molar-refractivity contribution < 1.29 is 9.84 Å². The molecule has 1 aliphatic heterocycles. The van der Waals surface area contributed by atoms with Gasteiger partial charge in [0.15, 0.2) is 0 Å². The zero-order chi connectivity index (χ0) is 13.1. The van der Waals surface area contributed by atoms with Crippen LogP contribution in [0.1, 0.15) is 20.3 Å². The zero-order valence-electron chi connectivity index (χ0n) is 11.0. The quantitative estimate of drug-likeness (QED) is 0.788. The number of aliphatic hydroxyl groups is 1. The van der Waals surface area contributed by atoms with Crippen molar-refractivity contribution in [2.75, 3.05) is 20.0 Å². The van der Waals surface area contributed by atoms with E-state index in [0.717, 1.165) is 12.9 Å². The summed E-state index contributed by atoms with van der Waals surface area (Å²) >= 11 is 0. The highest BCUT2D eigenvalue weighted by Gasteiger charge is 2.23. The van der Waals surface area contributed by atoms with Gasteiger partial charge in [-0.05, 0) is 32.4 Å². The van der Waals surface area contributed by atoms with Gasteiger partial charge in [-0.3, -0.25) is 0 Å². The van der Waals surface area contributed by atoms with Crippen molar-refractivity contribution in [1.29, 1.82) is 0 Å². The minimum atomic E-state index is 0.574. The van der Waals surface area contributed by atoms with Crippen molar-refractivity contribution in [3.63, 3.8) is 0 Å². The second kappa shape index (κ2) is 9.68. The normalized spacial score (nSPS) is 16.1. The molecule has 1 heterocycles. The molecule has 0 radical (unpaired) electrons. The topological polar surface area (TPSA) is 29.5 Å². The fraction of sp³-hybridized carbons (Fsp3) is 0.538. The van der Waals surface area contributed by atoms with Crippen LogP contribution < -0.4 is 4.74 Å². The minimum absolute atomic E-state index is 0.574. The van der Waals surface area contributed by atoms with Gasteiger partial charge in [0.1, 0.15) is 5.75 Å². The highest BCUT2D eigenvalue weighted by Crippen LogP contribution is 2.45. The van der Waals surface area contributed by atoms with E-state index in [1.54, 1.807) is 7.11 Å². The maximum absolute atomic E-state index is 7.00. The number of rotatable bonds is 1. The van der Waals surface area contributed by atoms with Gasteiger partial charge < -0.3 is 9.84 Å². The van der Waals surface area contributed by atoms with Crippen LogP contribution in [0.2, 0.25) is 0 Å². The molecule has 0 saturated carbocycles. The maximum atomic E-state index is 7.00. The summed E-state index contributed by atoms with van der Waals surface area (Å²) < 4.78 is 5.49. The molecule has 1 saturated heterocycles. The lowest BCUT2D eigenvalue weighted by atomic mass is 10.1. The molecule has 2 rings (SSSR count). The van der Waals surface area contributed by atoms with E-state index in [-0.39, 0.29) is 0 Å². The molecular weight excluding hydrogens is 252 g/mol. The molecule has 1 N–H and O–H groups in total.